The van der Waals surface area contributed by atoms with E-state index in [0.717, 1.165) is 34.9 Å². The molecule has 1 aliphatic heterocycles. The fourth-order valence-corrected chi connectivity index (χ4v) is 3.56. The first kappa shape index (κ1) is 20.9. The van der Waals surface area contributed by atoms with Crippen molar-refractivity contribution in [3.8, 4) is 11.3 Å². The number of anilines is 2. The quantitative estimate of drug-likeness (QED) is 0.826. The lowest BCUT2D eigenvalue weighted by Crippen LogP contribution is -2.46. The highest BCUT2D eigenvalue weighted by molar-refractivity contribution is 5.77. The molecule has 2 aromatic rings. The number of benzene rings is 1. The van der Waals surface area contributed by atoms with Crippen LogP contribution in [-0.2, 0) is 16.0 Å². The lowest BCUT2D eigenvalue weighted by atomic mass is 9.96. The number of methoxy groups -OCH3 is 2. The number of hydrogen-bond donors (Lipinski definition) is 1. The van der Waals surface area contributed by atoms with Crippen molar-refractivity contribution in [2.24, 2.45) is 5.41 Å². The van der Waals surface area contributed by atoms with Gasteiger partial charge in [0, 0.05) is 32.8 Å². The highest BCUT2D eigenvalue weighted by Gasteiger charge is 2.37. The molecule has 2 heterocycles. The third kappa shape index (κ3) is 4.62. The minimum absolute atomic E-state index is 0.124. The molecule has 0 radical (unpaired) electrons. The van der Waals surface area contributed by atoms with Gasteiger partial charge >= 0.3 is 6.09 Å². The second-order valence-corrected chi connectivity index (χ2v) is 8.45. The molecule has 1 N–H and O–H groups in total. The summed E-state index contributed by atoms with van der Waals surface area (Å²) in [5, 5.41) is 2.70. The van der Waals surface area contributed by atoms with Crippen LogP contribution in [0.3, 0.4) is 0 Å². The molecule has 7 heteroatoms. The lowest BCUT2D eigenvalue weighted by Gasteiger charge is -2.33. The van der Waals surface area contributed by atoms with Gasteiger partial charge in [-0.15, -0.1) is 0 Å². The number of amides is 1. The van der Waals surface area contributed by atoms with Gasteiger partial charge in [0.05, 0.1) is 18.5 Å². The highest BCUT2D eigenvalue weighted by Crippen LogP contribution is 2.40. The summed E-state index contributed by atoms with van der Waals surface area (Å²) < 4.78 is 10.4. The Hall–Kier alpha value is -2.80. The maximum absolute atomic E-state index is 11.3. The molecule has 1 aliphatic rings. The zero-order chi connectivity index (χ0) is 21.2. The molecule has 1 aromatic carbocycles. The predicted octanol–water partition coefficient (Wildman–Crippen LogP) is 3.84. The molecule has 0 fully saturated rings. The SMILES string of the molecule is COC(=O)NCc1cccc(-c2ccc3c(n2)N(C)C(OC)N3CC(C)(C)C)c1. The van der Waals surface area contributed by atoms with Gasteiger partial charge in [-0.1, -0.05) is 39.0 Å². The van der Waals surface area contributed by atoms with Crippen molar-refractivity contribution in [1.29, 1.82) is 0 Å². The van der Waals surface area contributed by atoms with Crippen LogP contribution in [0.4, 0.5) is 16.3 Å². The zero-order valence-electron chi connectivity index (χ0n) is 18.0. The molecule has 1 aromatic heterocycles. The summed E-state index contributed by atoms with van der Waals surface area (Å²) >= 11 is 0. The molecule has 3 rings (SSSR count). The van der Waals surface area contributed by atoms with Crippen LogP contribution in [-0.4, -0.2) is 45.2 Å². The summed E-state index contributed by atoms with van der Waals surface area (Å²) in [6.07, 6.45) is -0.625. The molecule has 0 bridgehead atoms. The number of rotatable bonds is 5. The van der Waals surface area contributed by atoms with Gasteiger partial charge in [-0.3, -0.25) is 0 Å². The molecule has 7 nitrogen and oxygen atoms in total. The molecule has 1 amide bonds. The van der Waals surface area contributed by atoms with E-state index in [-0.39, 0.29) is 11.8 Å². The number of hydrogen-bond acceptors (Lipinski definition) is 6. The molecule has 0 saturated heterocycles. The molecular weight excluding hydrogens is 368 g/mol. The summed E-state index contributed by atoms with van der Waals surface area (Å²) in [5.41, 5.74) is 4.05. The Balaban J connectivity index is 1.89. The fraction of sp³-hybridized carbons (Fsp3) is 0.455. The normalized spacial score (nSPS) is 16.0. The van der Waals surface area contributed by atoms with Gasteiger partial charge < -0.3 is 24.6 Å². The predicted molar refractivity (Wildman–Crippen MR) is 115 cm³/mol. The number of alkyl carbamates (subject to hydrolysis) is 1. The van der Waals surface area contributed by atoms with Crippen molar-refractivity contribution < 1.29 is 14.3 Å². The Morgan fingerprint density at radius 3 is 2.62 bits per heavy atom. The van der Waals surface area contributed by atoms with E-state index in [9.17, 15) is 4.79 Å². The maximum atomic E-state index is 11.3. The van der Waals surface area contributed by atoms with E-state index < -0.39 is 6.09 Å². The van der Waals surface area contributed by atoms with E-state index in [4.69, 9.17) is 9.72 Å². The van der Waals surface area contributed by atoms with Crippen LogP contribution in [0.25, 0.3) is 11.3 Å². The first-order valence-electron chi connectivity index (χ1n) is 9.68. The number of nitrogens with one attached hydrogen (secondary N) is 1. The van der Waals surface area contributed by atoms with Crippen LogP contribution < -0.4 is 15.1 Å². The third-order valence-electron chi connectivity index (χ3n) is 4.80. The third-order valence-corrected chi connectivity index (χ3v) is 4.80. The molecule has 1 unspecified atom stereocenters. The Kier molecular flexibility index (Phi) is 5.98. The number of carbonyl (C=O) groups excluding carboxylic acids is 1. The molecular formula is C22H30N4O3. The molecule has 0 spiro atoms. The van der Waals surface area contributed by atoms with Crippen molar-refractivity contribution in [3.63, 3.8) is 0 Å². The zero-order valence-corrected chi connectivity index (χ0v) is 18.0. The smallest absolute Gasteiger partial charge is 0.407 e. The summed E-state index contributed by atoms with van der Waals surface area (Å²) in [4.78, 5) is 20.6. The van der Waals surface area contributed by atoms with Crippen LogP contribution >= 0.6 is 0 Å². The van der Waals surface area contributed by atoms with E-state index in [1.54, 1.807) is 7.11 Å². The van der Waals surface area contributed by atoms with E-state index >= 15 is 0 Å². The van der Waals surface area contributed by atoms with Gasteiger partial charge in [-0.25, -0.2) is 9.78 Å². The standard InChI is InChI=1S/C22H30N4O3/c1-22(2,3)14-26-18-11-10-17(24-19(18)25(4)21(26)29-6)16-9-7-8-15(12-16)13-23-20(27)28-5/h7-12,21H,13-14H2,1-6H3,(H,23,27). The minimum Gasteiger partial charge on any atom is -0.453 e. The minimum atomic E-state index is -0.447. The number of carbonyl (C=O) groups is 1. The van der Waals surface area contributed by atoms with E-state index in [1.165, 1.54) is 7.11 Å². The maximum Gasteiger partial charge on any atom is 0.407 e. The van der Waals surface area contributed by atoms with Crippen LogP contribution in [0.2, 0.25) is 0 Å². The summed E-state index contributed by atoms with van der Waals surface area (Å²) in [6, 6.07) is 12.1. The monoisotopic (exact) mass is 398 g/mol. The number of nitrogens with zero attached hydrogens (tertiary/aromatic N) is 3. The highest BCUT2D eigenvalue weighted by atomic mass is 16.5. The molecule has 0 aliphatic carbocycles. The van der Waals surface area contributed by atoms with E-state index in [2.05, 4.69) is 46.7 Å². The number of pyridine rings is 1. The number of fused-ring (bicyclic) bond motifs is 1. The van der Waals surface area contributed by atoms with E-state index in [0.29, 0.717) is 6.54 Å². The second kappa shape index (κ2) is 8.29. The first-order chi connectivity index (χ1) is 13.7. The van der Waals surface area contributed by atoms with Crippen molar-refractivity contribution >= 4 is 17.6 Å². The first-order valence-corrected chi connectivity index (χ1v) is 9.68. The van der Waals surface area contributed by atoms with Crippen LogP contribution in [0, 0.1) is 5.41 Å². The van der Waals surface area contributed by atoms with Gasteiger partial charge in [0.15, 0.2) is 5.82 Å². The van der Waals surface area contributed by atoms with Crippen molar-refractivity contribution in [2.45, 2.75) is 33.7 Å². The van der Waals surface area contributed by atoms with Gasteiger partial charge in [-0.05, 0) is 29.2 Å². The van der Waals surface area contributed by atoms with Crippen molar-refractivity contribution in [2.75, 3.05) is 37.6 Å². The van der Waals surface area contributed by atoms with Gasteiger partial charge in [0.25, 0.3) is 0 Å². The van der Waals surface area contributed by atoms with Crippen LogP contribution in [0.15, 0.2) is 36.4 Å². The summed E-state index contributed by atoms with van der Waals surface area (Å²) in [5.74, 6) is 0.900. The topological polar surface area (TPSA) is 66.9 Å². The average Bonchev–Trinajstić information content (AvgIpc) is 2.95. The average molecular weight is 399 g/mol. The van der Waals surface area contributed by atoms with Crippen LogP contribution in [0.5, 0.6) is 0 Å². The number of aromatic nitrogens is 1. The van der Waals surface area contributed by atoms with Crippen molar-refractivity contribution in [1.82, 2.24) is 10.3 Å². The molecule has 156 valence electrons. The fourth-order valence-electron chi connectivity index (χ4n) is 3.56. The van der Waals surface area contributed by atoms with E-state index in [1.807, 2.05) is 37.4 Å². The Labute approximate surface area is 172 Å². The van der Waals surface area contributed by atoms with Gasteiger partial charge in [-0.2, -0.15) is 0 Å². The Morgan fingerprint density at radius 1 is 1.21 bits per heavy atom. The molecule has 0 saturated carbocycles. The Bertz CT molecular complexity index is 879. The Morgan fingerprint density at radius 2 is 1.97 bits per heavy atom. The largest absolute Gasteiger partial charge is 0.453 e. The van der Waals surface area contributed by atoms with Gasteiger partial charge in [0.1, 0.15) is 0 Å². The second-order valence-electron chi connectivity index (χ2n) is 8.45. The molecule has 29 heavy (non-hydrogen) atoms. The van der Waals surface area contributed by atoms with Crippen LogP contribution in [0.1, 0.15) is 26.3 Å². The lowest BCUT2D eigenvalue weighted by molar-refractivity contribution is 0.0995. The van der Waals surface area contributed by atoms with Gasteiger partial charge in [0.2, 0.25) is 6.35 Å². The molecule has 1 atom stereocenters. The number of ether oxygens (including phenoxy) is 2. The summed E-state index contributed by atoms with van der Waals surface area (Å²) in [6.45, 7) is 7.91. The van der Waals surface area contributed by atoms with Crippen molar-refractivity contribution in [3.05, 3.63) is 42.0 Å². The summed E-state index contributed by atoms with van der Waals surface area (Å²) in [7, 11) is 5.08.